The van der Waals surface area contributed by atoms with E-state index in [2.05, 4.69) is 20.8 Å². The molecular formula is C11H23ClO. The first-order valence-electron chi connectivity index (χ1n) is 5.44. The van der Waals surface area contributed by atoms with Gasteiger partial charge >= 0.3 is 0 Å². The Morgan fingerprint density at radius 3 is 2.46 bits per heavy atom. The fourth-order valence-electron chi connectivity index (χ4n) is 1.20. The molecule has 0 saturated carbocycles. The van der Waals surface area contributed by atoms with Crippen LogP contribution in [0.1, 0.15) is 46.5 Å². The van der Waals surface area contributed by atoms with E-state index in [1.807, 2.05) is 0 Å². The van der Waals surface area contributed by atoms with Gasteiger partial charge in [0.1, 0.15) is 0 Å². The van der Waals surface area contributed by atoms with Crippen molar-refractivity contribution in [1.82, 2.24) is 0 Å². The highest BCUT2D eigenvalue weighted by Crippen LogP contribution is 2.17. The van der Waals surface area contributed by atoms with Crippen molar-refractivity contribution in [3.8, 4) is 0 Å². The van der Waals surface area contributed by atoms with Gasteiger partial charge in [-0.25, -0.2) is 0 Å². The first-order chi connectivity index (χ1) is 6.22. The van der Waals surface area contributed by atoms with Gasteiger partial charge in [-0.2, -0.15) is 0 Å². The number of hydrogen-bond acceptors (Lipinski definition) is 1. The Morgan fingerprint density at radius 1 is 1.23 bits per heavy atom. The molecule has 0 spiro atoms. The van der Waals surface area contributed by atoms with Gasteiger partial charge < -0.3 is 4.74 Å². The molecular weight excluding hydrogens is 184 g/mol. The van der Waals surface area contributed by atoms with E-state index in [1.165, 1.54) is 12.8 Å². The van der Waals surface area contributed by atoms with E-state index in [9.17, 15) is 0 Å². The van der Waals surface area contributed by atoms with E-state index in [4.69, 9.17) is 16.3 Å². The third-order valence-corrected chi connectivity index (χ3v) is 3.11. The monoisotopic (exact) mass is 206 g/mol. The van der Waals surface area contributed by atoms with Crippen molar-refractivity contribution in [3.63, 3.8) is 0 Å². The zero-order valence-corrected chi connectivity index (χ0v) is 9.94. The maximum Gasteiger partial charge on any atom is 0.0469 e. The van der Waals surface area contributed by atoms with Gasteiger partial charge in [-0.3, -0.25) is 0 Å². The largest absolute Gasteiger partial charge is 0.381 e. The van der Waals surface area contributed by atoms with Crippen LogP contribution < -0.4 is 0 Å². The van der Waals surface area contributed by atoms with Gasteiger partial charge in [-0.05, 0) is 25.2 Å². The zero-order chi connectivity index (χ0) is 10.1. The highest BCUT2D eigenvalue weighted by molar-refractivity contribution is 6.20. The topological polar surface area (TPSA) is 9.23 Å². The van der Waals surface area contributed by atoms with Crippen molar-refractivity contribution in [2.24, 2.45) is 5.92 Å². The maximum absolute atomic E-state index is 6.10. The molecule has 2 atom stereocenters. The average molecular weight is 207 g/mol. The van der Waals surface area contributed by atoms with Crippen LogP contribution in [0.25, 0.3) is 0 Å². The number of hydrogen-bond donors (Lipinski definition) is 0. The minimum atomic E-state index is 0.315. The predicted octanol–water partition coefficient (Wildman–Crippen LogP) is 3.85. The predicted molar refractivity (Wildman–Crippen MR) is 59.4 cm³/mol. The van der Waals surface area contributed by atoms with E-state index in [0.29, 0.717) is 11.3 Å². The van der Waals surface area contributed by atoms with Crippen molar-refractivity contribution >= 4 is 11.6 Å². The molecule has 0 aliphatic rings. The summed E-state index contributed by atoms with van der Waals surface area (Å²) in [5.41, 5.74) is 0. The standard InChI is InChI=1S/C11H23ClO/c1-4-6-8-13-9-7-10(3)11(12)5-2/h10-11H,4-9H2,1-3H3. The van der Waals surface area contributed by atoms with Crippen LogP contribution in [0.3, 0.4) is 0 Å². The summed E-state index contributed by atoms with van der Waals surface area (Å²) in [6.45, 7) is 8.28. The van der Waals surface area contributed by atoms with Crippen LogP contribution in [0.15, 0.2) is 0 Å². The number of ether oxygens (including phenoxy) is 1. The fourth-order valence-corrected chi connectivity index (χ4v) is 1.33. The first kappa shape index (κ1) is 13.2. The quantitative estimate of drug-likeness (QED) is 0.433. The third kappa shape index (κ3) is 7.33. The molecule has 2 heteroatoms. The molecule has 0 aromatic carbocycles. The van der Waals surface area contributed by atoms with Gasteiger partial charge in [0.05, 0.1) is 0 Å². The molecule has 0 saturated heterocycles. The Bertz CT molecular complexity index is 106. The lowest BCUT2D eigenvalue weighted by Crippen LogP contribution is -2.13. The molecule has 0 rings (SSSR count). The molecule has 2 unspecified atom stereocenters. The maximum atomic E-state index is 6.10. The van der Waals surface area contributed by atoms with Crippen molar-refractivity contribution in [2.75, 3.05) is 13.2 Å². The van der Waals surface area contributed by atoms with Gasteiger partial charge in [0.15, 0.2) is 0 Å². The smallest absolute Gasteiger partial charge is 0.0469 e. The van der Waals surface area contributed by atoms with Crippen molar-refractivity contribution in [3.05, 3.63) is 0 Å². The second-order valence-corrected chi connectivity index (χ2v) is 4.22. The molecule has 13 heavy (non-hydrogen) atoms. The molecule has 0 N–H and O–H groups in total. The van der Waals surface area contributed by atoms with Crippen LogP contribution >= 0.6 is 11.6 Å². The average Bonchev–Trinajstić information content (AvgIpc) is 2.16. The molecule has 0 amide bonds. The van der Waals surface area contributed by atoms with Crippen molar-refractivity contribution in [2.45, 2.75) is 51.8 Å². The Hall–Kier alpha value is 0.250. The number of halogens is 1. The summed E-state index contributed by atoms with van der Waals surface area (Å²) in [6.07, 6.45) is 4.53. The molecule has 0 aromatic heterocycles. The molecule has 1 nitrogen and oxygen atoms in total. The summed E-state index contributed by atoms with van der Waals surface area (Å²) in [7, 11) is 0. The molecule has 0 radical (unpaired) electrons. The van der Waals surface area contributed by atoms with Gasteiger partial charge in [-0.1, -0.05) is 27.2 Å². The summed E-state index contributed by atoms with van der Waals surface area (Å²) in [5.74, 6) is 0.577. The van der Waals surface area contributed by atoms with E-state index in [-0.39, 0.29) is 0 Å². The molecule has 0 fully saturated rings. The van der Waals surface area contributed by atoms with Crippen LogP contribution in [0.2, 0.25) is 0 Å². The highest BCUT2D eigenvalue weighted by Gasteiger charge is 2.11. The molecule has 0 aliphatic heterocycles. The first-order valence-corrected chi connectivity index (χ1v) is 5.87. The van der Waals surface area contributed by atoms with E-state index in [0.717, 1.165) is 26.1 Å². The molecule has 0 aromatic rings. The number of unbranched alkanes of at least 4 members (excludes halogenated alkanes) is 1. The summed E-state index contributed by atoms with van der Waals surface area (Å²) in [5, 5.41) is 0.315. The number of rotatable bonds is 8. The van der Waals surface area contributed by atoms with Gasteiger partial charge in [0.25, 0.3) is 0 Å². The van der Waals surface area contributed by atoms with Crippen LogP contribution in [-0.4, -0.2) is 18.6 Å². The Morgan fingerprint density at radius 2 is 1.92 bits per heavy atom. The minimum absolute atomic E-state index is 0.315. The minimum Gasteiger partial charge on any atom is -0.381 e. The third-order valence-electron chi connectivity index (χ3n) is 2.37. The summed E-state index contributed by atoms with van der Waals surface area (Å²) in [4.78, 5) is 0. The van der Waals surface area contributed by atoms with Crippen molar-refractivity contribution < 1.29 is 4.74 Å². The summed E-state index contributed by atoms with van der Waals surface area (Å²) < 4.78 is 5.48. The van der Waals surface area contributed by atoms with Crippen LogP contribution in [0.4, 0.5) is 0 Å². The Balaban J connectivity index is 3.21. The van der Waals surface area contributed by atoms with Crippen LogP contribution in [0, 0.1) is 5.92 Å². The normalized spacial score (nSPS) is 15.7. The fraction of sp³-hybridized carbons (Fsp3) is 1.00. The van der Waals surface area contributed by atoms with Crippen molar-refractivity contribution in [1.29, 1.82) is 0 Å². The van der Waals surface area contributed by atoms with Crippen LogP contribution in [-0.2, 0) is 4.74 Å². The molecule has 0 bridgehead atoms. The zero-order valence-electron chi connectivity index (χ0n) is 9.18. The summed E-state index contributed by atoms with van der Waals surface area (Å²) >= 11 is 6.10. The van der Waals surface area contributed by atoms with E-state index < -0.39 is 0 Å². The Labute approximate surface area is 87.8 Å². The lowest BCUT2D eigenvalue weighted by molar-refractivity contribution is 0.118. The van der Waals surface area contributed by atoms with Gasteiger partial charge in [0.2, 0.25) is 0 Å². The SMILES string of the molecule is CCCCOCCC(C)C(Cl)CC. The molecule has 0 aliphatic carbocycles. The van der Waals surface area contributed by atoms with Crippen LogP contribution in [0.5, 0.6) is 0 Å². The lowest BCUT2D eigenvalue weighted by atomic mass is 10.0. The number of alkyl halides is 1. The Kier molecular flexibility index (Phi) is 9.00. The van der Waals surface area contributed by atoms with E-state index >= 15 is 0 Å². The second kappa shape index (κ2) is 8.83. The lowest BCUT2D eigenvalue weighted by Gasteiger charge is -2.15. The van der Waals surface area contributed by atoms with Gasteiger partial charge in [-0.15, -0.1) is 11.6 Å². The second-order valence-electron chi connectivity index (χ2n) is 3.66. The molecule has 0 heterocycles. The highest BCUT2D eigenvalue weighted by atomic mass is 35.5. The van der Waals surface area contributed by atoms with E-state index in [1.54, 1.807) is 0 Å². The summed E-state index contributed by atoms with van der Waals surface area (Å²) in [6, 6.07) is 0. The van der Waals surface area contributed by atoms with Gasteiger partial charge in [0, 0.05) is 18.6 Å². The molecule has 80 valence electrons.